The molecule has 3 nitrogen and oxygen atoms in total. The van der Waals surface area contributed by atoms with Crippen LogP contribution in [0.25, 0.3) is 11.0 Å². The van der Waals surface area contributed by atoms with Crippen molar-refractivity contribution < 1.29 is 0 Å². The quantitative estimate of drug-likeness (QED) is 0.709. The number of imidazole rings is 1. The van der Waals surface area contributed by atoms with Crippen LogP contribution in [0.2, 0.25) is 5.02 Å². The Morgan fingerprint density at radius 1 is 1.10 bits per heavy atom. The molecule has 0 spiro atoms. The zero-order valence-corrected chi connectivity index (χ0v) is 12.3. The van der Waals surface area contributed by atoms with E-state index in [-0.39, 0.29) is 0 Å². The molecule has 2 aromatic carbocycles. The number of nitrogens with two attached hydrogens (primary N) is 1. The first-order valence-electron chi connectivity index (χ1n) is 6.27. The number of aromatic amines is 1. The maximum atomic E-state index is 5.87. The molecule has 102 valence electrons. The van der Waals surface area contributed by atoms with E-state index in [1.54, 1.807) is 0 Å². The van der Waals surface area contributed by atoms with E-state index in [9.17, 15) is 0 Å². The summed E-state index contributed by atoms with van der Waals surface area (Å²) in [7, 11) is 0. The molecule has 3 N–H and O–H groups in total. The molecule has 0 radical (unpaired) electrons. The largest absolute Gasteiger partial charge is 0.399 e. The lowest BCUT2D eigenvalue weighted by Crippen LogP contribution is -1.85. The number of nitrogens with one attached hydrogen (secondary N) is 1. The lowest BCUT2D eigenvalue weighted by Gasteiger charge is -2.00. The minimum Gasteiger partial charge on any atom is -0.399 e. The van der Waals surface area contributed by atoms with E-state index in [0.717, 1.165) is 39.1 Å². The van der Waals surface area contributed by atoms with Gasteiger partial charge in [0, 0.05) is 16.5 Å². The second-order valence-electron chi connectivity index (χ2n) is 4.58. The van der Waals surface area contributed by atoms with Crippen LogP contribution in [0, 0.1) is 0 Å². The Labute approximate surface area is 126 Å². The van der Waals surface area contributed by atoms with Crippen LogP contribution >= 0.6 is 23.4 Å². The van der Waals surface area contributed by atoms with Gasteiger partial charge in [-0.25, -0.2) is 4.98 Å². The number of thioether (sulfide) groups is 1. The van der Waals surface area contributed by atoms with Crippen molar-refractivity contribution >= 4 is 40.1 Å². The standard InChI is InChI=1S/C15H14ClN3S/c16-11-3-1-10(2-4-11)8-20-9-15-18-13-6-5-12(17)7-14(13)19-15/h1-7H,8-9,17H2,(H,18,19). The Kier molecular flexibility index (Phi) is 3.85. The fourth-order valence-corrected chi connectivity index (χ4v) is 2.98. The number of nitrogens with zero attached hydrogens (tertiary/aromatic N) is 1. The van der Waals surface area contributed by atoms with E-state index in [2.05, 4.69) is 22.1 Å². The van der Waals surface area contributed by atoms with Gasteiger partial charge in [0.25, 0.3) is 0 Å². The number of rotatable bonds is 4. The molecule has 20 heavy (non-hydrogen) atoms. The van der Waals surface area contributed by atoms with Crippen molar-refractivity contribution in [2.45, 2.75) is 11.5 Å². The monoisotopic (exact) mass is 303 g/mol. The number of aromatic nitrogens is 2. The molecule has 0 aliphatic carbocycles. The number of halogens is 1. The molecule has 5 heteroatoms. The number of hydrogen-bond acceptors (Lipinski definition) is 3. The summed E-state index contributed by atoms with van der Waals surface area (Å²) in [5.41, 5.74) is 9.72. The highest BCUT2D eigenvalue weighted by molar-refractivity contribution is 7.97. The zero-order valence-electron chi connectivity index (χ0n) is 10.8. The fourth-order valence-electron chi connectivity index (χ4n) is 1.99. The van der Waals surface area contributed by atoms with Gasteiger partial charge in [-0.05, 0) is 35.9 Å². The minimum absolute atomic E-state index is 0.751. The topological polar surface area (TPSA) is 54.7 Å². The highest BCUT2D eigenvalue weighted by Gasteiger charge is 2.03. The summed E-state index contributed by atoms with van der Waals surface area (Å²) in [5.74, 6) is 2.76. The Morgan fingerprint density at radius 3 is 2.70 bits per heavy atom. The summed E-state index contributed by atoms with van der Waals surface area (Å²) < 4.78 is 0. The molecule has 1 aromatic heterocycles. The summed E-state index contributed by atoms with van der Waals surface area (Å²) in [4.78, 5) is 7.84. The number of fused-ring (bicyclic) bond motifs is 1. The third-order valence-electron chi connectivity index (χ3n) is 2.98. The number of benzene rings is 2. The molecule has 0 aliphatic rings. The number of anilines is 1. The van der Waals surface area contributed by atoms with Crippen LogP contribution < -0.4 is 5.73 Å². The average Bonchev–Trinajstić information content (AvgIpc) is 2.83. The summed E-state index contributed by atoms with van der Waals surface area (Å²) in [5, 5.41) is 0.772. The van der Waals surface area contributed by atoms with Crippen LogP contribution in [0.5, 0.6) is 0 Å². The van der Waals surface area contributed by atoms with Crippen LogP contribution in [0.3, 0.4) is 0 Å². The first-order valence-corrected chi connectivity index (χ1v) is 7.80. The fraction of sp³-hybridized carbons (Fsp3) is 0.133. The van der Waals surface area contributed by atoms with Crippen LogP contribution in [0.15, 0.2) is 42.5 Å². The van der Waals surface area contributed by atoms with Gasteiger partial charge in [0.15, 0.2) is 0 Å². The van der Waals surface area contributed by atoms with E-state index in [4.69, 9.17) is 17.3 Å². The van der Waals surface area contributed by atoms with Crippen LogP contribution in [-0.4, -0.2) is 9.97 Å². The normalized spacial score (nSPS) is 11.1. The Bertz CT molecular complexity index is 722. The summed E-state index contributed by atoms with van der Waals surface area (Å²) in [6, 6.07) is 13.7. The van der Waals surface area contributed by atoms with Crippen molar-refractivity contribution in [3.63, 3.8) is 0 Å². The Morgan fingerprint density at radius 2 is 1.90 bits per heavy atom. The lowest BCUT2D eigenvalue weighted by atomic mass is 10.2. The summed E-state index contributed by atoms with van der Waals surface area (Å²) >= 11 is 7.68. The van der Waals surface area contributed by atoms with Crippen LogP contribution in [0.1, 0.15) is 11.4 Å². The molecular formula is C15H14ClN3S. The lowest BCUT2D eigenvalue weighted by molar-refractivity contribution is 1.14. The Hall–Kier alpha value is -1.65. The molecular weight excluding hydrogens is 290 g/mol. The van der Waals surface area contributed by atoms with Crippen molar-refractivity contribution in [1.82, 2.24) is 9.97 Å². The Balaban J connectivity index is 1.63. The van der Waals surface area contributed by atoms with Gasteiger partial charge in [0.2, 0.25) is 0 Å². The van der Waals surface area contributed by atoms with Crippen LogP contribution in [0.4, 0.5) is 5.69 Å². The van der Waals surface area contributed by atoms with Gasteiger partial charge in [-0.15, -0.1) is 11.8 Å². The number of nitrogen functional groups attached to an aromatic ring is 1. The van der Waals surface area contributed by atoms with Crippen molar-refractivity contribution in [3.05, 3.63) is 58.9 Å². The van der Waals surface area contributed by atoms with Gasteiger partial charge < -0.3 is 10.7 Å². The molecule has 1 heterocycles. The summed E-state index contributed by atoms with van der Waals surface area (Å²) in [6.07, 6.45) is 0. The molecule has 0 fully saturated rings. The molecule has 3 rings (SSSR count). The zero-order chi connectivity index (χ0) is 13.9. The highest BCUT2D eigenvalue weighted by atomic mass is 35.5. The van der Waals surface area contributed by atoms with Crippen molar-refractivity contribution in [2.24, 2.45) is 0 Å². The minimum atomic E-state index is 0.751. The highest BCUT2D eigenvalue weighted by Crippen LogP contribution is 2.21. The molecule has 0 aliphatic heterocycles. The van der Waals surface area contributed by atoms with Gasteiger partial charge in [-0.2, -0.15) is 0 Å². The third kappa shape index (κ3) is 3.08. The molecule has 0 unspecified atom stereocenters. The summed E-state index contributed by atoms with van der Waals surface area (Å²) in [6.45, 7) is 0. The van der Waals surface area contributed by atoms with Gasteiger partial charge in [-0.1, -0.05) is 23.7 Å². The van der Waals surface area contributed by atoms with E-state index in [1.165, 1.54) is 5.56 Å². The second-order valence-corrected chi connectivity index (χ2v) is 6.00. The van der Waals surface area contributed by atoms with Crippen molar-refractivity contribution in [2.75, 3.05) is 5.73 Å². The number of H-pyrrole nitrogens is 1. The average molecular weight is 304 g/mol. The van der Waals surface area contributed by atoms with E-state index < -0.39 is 0 Å². The van der Waals surface area contributed by atoms with Gasteiger partial charge in [0.1, 0.15) is 5.82 Å². The first kappa shape index (κ1) is 13.3. The smallest absolute Gasteiger partial charge is 0.117 e. The maximum Gasteiger partial charge on any atom is 0.117 e. The second kappa shape index (κ2) is 5.77. The molecule has 0 amide bonds. The van der Waals surface area contributed by atoms with Gasteiger partial charge in [0.05, 0.1) is 16.8 Å². The van der Waals surface area contributed by atoms with E-state index in [1.807, 2.05) is 42.1 Å². The first-order chi connectivity index (χ1) is 9.70. The molecule has 0 atom stereocenters. The SMILES string of the molecule is Nc1ccc2nc(CSCc3ccc(Cl)cc3)[nH]c2c1. The van der Waals surface area contributed by atoms with Gasteiger partial charge >= 0.3 is 0 Å². The predicted octanol–water partition coefficient (Wildman–Crippen LogP) is 4.23. The molecule has 3 aromatic rings. The van der Waals surface area contributed by atoms with Crippen LogP contribution in [-0.2, 0) is 11.5 Å². The maximum absolute atomic E-state index is 5.87. The molecule has 0 saturated heterocycles. The predicted molar refractivity (Wildman–Crippen MR) is 87.0 cm³/mol. The van der Waals surface area contributed by atoms with Gasteiger partial charge in [-0.3, -0.25) is 0 Å². The van der Waals surface area contributed by atoms with Crippen molar-refractivity contribution in [1.29, 1.82) is 0 Å². The van der Waals surface area contributed by atoms with E-state index >= 15 is 0 Å². The third-order valence-corrected chi connectivity index (χ3v) is 4.24. The van der Waals surface area contributed by atoms with Crippen molar-refractivity contribution in [3.8, 4) is 0 Å². The number of hydrogen-bond donors (Lipinski definition) is 2. The van der Waals surface area contributed by atoms with E-state index in [0.29, 0.717) is 0 Å². The molecule has 0 bridgehead atoms. The molecule has 0 saturated carbocycles.